The Morgan fingerprint density at radius 3 is 2.31 bits per heavy atom. The van der Waals surface area contributed by atoms with E-state index in [1.54, 1.807) is 6.26 Å². The third-order valence-corrected chi connectivity index (χ3v) is 4.61. The zero-order valence-corrected chi connectivity index (χ0v) is 19.6. The maximum atomic E-state index is 12.5. The van der Waals surface area contributed by atoms with Crippen LogP contribution >= 0.6 is 0 Å². The highest BCUT2D eigenvalue weighted by atomic mass is 16.6. The highest BCUT2D eigenvalue weighted by Gasteiger charge is 2.22. The summed E-state index contributed by atoms with van der Waals surface area (Å²) in [7, 11) is 0. The Kier molecular flexibility index (Phi) is 18.4. The van der Waals surface area contributed by atoms with E-state index in [4.69, 9.17) is 14.7 Å². The van der Waals surface area contributed by atoms with Gasteiger partial charge in [-0.25, -0.2) is 19.3 Å². The first-order valence-corrected chi connectivity index (χ1v) is 11.4. The highest BCUT2D eigenvalue weighted by molar-refractivity contribution is 5.90. The molecule has 0 aromatic rings. The van der Waals surface area contributed by atoms with Crippen LogP contribution in [0.25, 0.3) is 0 Å². The monoisotopic (exact) mass is 453 g/mol. The van der Waals surface area contributed by atoms with Gasteiger partial charge in [0.15, 0.2) is 0 Å². The summed E-state index contributed by atoms with van der Waals surface area (Å²) in [6.07, 6.45) is 10.2. The Labute approximate surface area is 192 Å². The lowest BCUT2D eigenvalue weighted by molar-refractivity contribution is -0.138. The Balaban J connectivity index is 4.37. The second-order valence-electron chi connectivity index (χ2n) is 7.82. The molecule has 1 N–H and O–H groups in total. The molecule has 0 aliphatic heterocycles. The minimum Gasteiger partial charge on any atom is -0.459 e. The van der Waals surface area contributed by atoms with Gasteiger partial charge in [0.2, 0.25) is 0 Å². The molecule has 0 atom stereocenters. The summed E-state index contributed by atoms with van der Waals surface area (Å²) < 4.78 is 14.5. The molecule has 0 aliphatic carbocycles. The number of unbranched alkanes of at least 4 members (excludes halogenated alkanes) is 6. The first-order valence-electron chi connectivity index (χ1n) is 11.4. The van der Waals surface area contributed by atoms with Gasteiger partial charge >= 0.3 is 18.1 Å². The lowest BCUT2D eigenvalue weighted by atomic mass is 10.0. The molecule has 0 fully saturated rings. The van der Waals surface area contributed by atoms with Gasteiger partial charge in [-0.1, -0.05) is 52.5 Å². The van der Waals surface area contributed by atoms with Crippen LogP contribution in [-0.4, -0.2) is 55.9 Å². The van der Waals surface area contributed by atoms with E-state index in [0.717, 1.165) is 49.5 Å². The van der Waals surface area contributed by atoms with E-state index in [1.165, 1.54) is 12.8 Å². The van der Waals surface area contributed by atoms with Crippen molar-refractivity contribution in [2.45, 2.75) is 71.6 Å². The van der Waals surface area contributed by atoms with Gasteiger partial charge in [0.25, 0.3) is 6.26 Å². The first-order chi connectivity index (χ1) is 15.4. The number of hydrogen-bond acceptors (Lipinski definition) is 7. The van der Waals surface area contributed by atoms with Crippen LogP contribution in [0.4, 0.5) is 9.59 Å². The van der Waals surface area contributed by atoms with Crippen molar-refractivity contribution in [3.63, 3.8) is 0 Å². The third-order valence-electron chi connectivity index (χ3n) is 4.61. The Bertz CT molecular complexity index is 589. The topological polar surface area (TPSA) is 118 Å². The van der Waals surface area contributed by atoms with Crippen LogP contribution in [0.1, 0.15) is 71.6 Å². The average Bonchev–Trinajstić information content (AvgIpc) is 2.77. The molecule has 9 nitrogen and oxygen atoms in total. The Morgan fingerprint density at radius 2 is 1.62 bits per heavy atom. The largest absolute Gasteiger partial charge is 0.459 e. The van der Waals surface area contributed by atoms with E-state index >= 15 is 0 Å². The molecular weight excluding hydrogens is 414 g/mol. The third kappa shape index (κ3) is 17.0. The molecule has 0 radical (unpaired) electrons. The van der Waals surface area contributed by atoms with Gasteiger partial charge in [0, 0.05) is 19.2 Å². The molecule has 3 amide bonds. The summed E-state index contributed by atoms with van der Waals surface area (Å²) in [6, 6.07) is -0.493. The van der Waals surface area contributed by atoms with Gasteiger partial charge < -0.3 is 19.5 Å². The van der Waals surface area contributed by atoms with Crippen molar-refractivity contribution in [1.82, 2.24) is 10.2 Å². The minimum absolute atomic E-state index is 0.110. The molecule has 0 spiro atoms. The van der Waals surface area contributed by atoms with Gasteiger partial charge in [-0.15, -0.1) is 0 Å². The number of rotatable bonds is 18. The number of nitriles is 1. The molecule has 0 aromatic heterocycles. The number of carbonyl (C=O) groups is 3. The predicted octanol–water partition coefficient (Wildman–Crippen LogP) is 4.53. The molecule has 0 aliphatic rings. The number of hydrogen-bond donors (Lipinski definition) is 1. The number of urea groups is 1. The smallest absolute Gasteiger partial charge is 0.418 e. The van der Waals surface area contributed by atoms with Crippen molar-refractivity contribution in [3.05, 3.63) is 12.7 Å². The number of nitrogens with zero attached hydrogens (tertiary/aromatic N) is 2. The van der Waals surface area contributed by atoms with Crippen molar-refractivity contribution >= 4 is 18.1 Å². The van der Waals surface area contributed by atoms with Crippen molar-refractivity contribution in [3.8, 4) is 6.26 Å². The van der Waals surface area contributed by atoms with Crippen LogP contribution < -0.4 is 5.32 Å². The van der Waals surface area contributed by atoms with Gasteiger partial charge in [-0.3, -0.25) is 0 Å². The number of ether oxygens (including phenoxy) is 3. The average molecular weight is 454 g/mol. The van der Waals surface area contributed by atoms with E-state index < -0.39 is 18.1 Å². The molecule has 0 unspecified atom stereocenters. The van der Waals surface area contributed by atoms with E-state index in [2.05, 4.69) is 30.5 Å². The van der Waals surface area contributed by atoms with Crippen LogP contribution in [0.15, 0.2) is 12.7 Å². The summed E-state index contributed by atoms with van der Waals surface area (Å²) in [6.45, 7) is 8.51. The van der Waals surface area contributed by atoms with Crippen molar-refractivity contribution in [2.24, 2.45) is 5.92 Å². The number of esters is 1. The zero-order chi connectivity index (χ0) is 24.0. The molecule has 0 heterocycles. The van der Waals surface area contributed by atoms with E-state index in [0.29, 0.717) is 25.5 Å². The maximum absolute atomic E-state index is 12.5. The summed E-state index contributed by atoms with van der Waals surface area (Å²) >= 11 is 0. The van der Waals surface area contributed by atoms with Crippen LogP contribution in [0.2, 0.25) is 0 Å². The highest BCUT2D eigenvalue weighted by Crippen LogP contribution is 2.09. The van der Waals surface area contributed by atoms with Gasteiger partial charge in [-0.2, -0.15) is 5.26 Å². The molecule has 0 saturated heterocycles. The summed E-state index contributed by atoms with van der Waals surface area (Å²) in [4.78, 5) is 37.0. The lowest BCUT2D eigenvalue weighted by Crippen LogP contribution is -2.45. The van der Waals surface area contributed by atoms with Crippen LogP contribution in [0.3, 0.4) is 0 Å². The fourth-order valence-electron chi connectivity index (χ4n) is 2.85. The summed E-state index contributed by atoms with van der Waals surface area (Å²) in [5.74, 6) is 0.0952. The van der Waals surface area contributed by atoms with Crippen molar-refractivity contribution in [1.29, 1.82) is 5.26 Å². The molecule has 0 rings (SSSR count). The standard InChI is InChI=1S/C23H39N3O6/c1-4-21(27)31-17-18-32-23(29)26(15-11-7-8-12-16-30-19-24)22(28)25-14-10-6-5-9-13-20(2)3/h4,20H,1,5-18H2,2-3H3,(H,25,28). The van der Waals surface area contributed by atoms with E-state index in [1.807, 2.05) is 0 Å². The second kappa shape index (κ2) is 20.2. The lowest BCUT2D eigenvalue weighted by Gasteiger charge is -2.21. The number of amides is 3. The normalized spacial score (nSPS) is 10.2. The maximum Gasteiger partial charge on any atom is 0.418 e. The molecular formula is C23H39N3O6. The summed E-state index contributed by atoms with van der Waals surface area (Å²) in [5, 5.41) is 11.1. The molecule has 182 valence electrons. The minimum atomic E-state index is -0.776. The van der Waals surface area contributed by atoms with Crippen LogP contribution in [-0.2, 0) is 19.0 Å². The second-order valence-corrected chi connectivity index (χ2v) is 7.82. The van der Waals surface area contributed by atoms with Crippen molar-refractivity contribution in [2.75, 3.05) is 32.9 Å². The van der Waals surface area contributed by atoms with E-state index in [-0.39, 0.29) is 19.8 Å². The van der Waals surface area contributed by atoms with Gasteiger partial charge in [-0.05, 0) is 31.6 Å². The SMILES string of the molecule is C=CC(=O)OCCOC(=O)N(CCCCCCOC#N)C(=O)NCCCCCCC(C)C. The van der Waals surface area contributed by atoms with Gasteiger partial charge in [0.05, 0.1) is 0 Å². The van der Waals surface area contributed by atoms with Crippen molar-refractivity contribution < 1.29 is 28.6 Å². The Morgan fingerprint density at radius 1 is 0.969 bits per heavy atom. The van der Waals surface area contributed by atoms with Crippen LogP contribution in [0, 0.1) is 17.4 Å². The van der Waals surface area contributed by atoms with E-state index in [9.17, 15) is 14.4 Å². The fraction of sp³-hybridized carbons (Fsp3) is 0.739. The fourth-order valence-corrected chi connectivity index (χ4v) is 2.85. The van der Waals surface area contributed by atoms with Gasteiger partial charge in [0.1, 0.15) is 19.8 Å². The zero-order valence-electron chi connectivity index (χ0n) is 19.6. The first kappa shape index (κ1) is 29.2. The molecule has 0 aromatic carbocycles. The molecule has 32 heavy (non-hydrogen) atoms. The number of carbonyl (C=O) groups excluding carboxylic acids is 3. The Hall–Kier alpha value is -2.76. The summed E-state index contributed by atoms with van der Waals surface area (Å²) in [5.41, 5.74) is 0. The molecule has 9 heteroatoms. The number of imide groups is 1. The van der Waals surface area contributed by atoms with Crippen LogP contribution in [0.5, 0.6) is 0 Å². The molecule has 0 saturated carbocycles. The number of nitrogens with one attached hydrogen (secondary N) is 1. The molecule has 0 bridgehead atoms. The predicted molar refractivity (Wildman–Crippen MR) is 121 cm³/mol. The quantitative estimate of drug-likeness (QED) is 0.140.